The van der Waals surface area contributed by atoms with Gasteiger partial charge in [0, 0.05) is 22.8 Å². The molecule has 1 amide bonds. The first-order valence-corrected chi connectivity index (χ1v) is 11.7. The number of nitrogens with one attached hydrogen (secondary N) is 1. The van der Waals surface area contributed by atoms with Crippen molar-refractivity contribution in [3.63, 3.8) is 0 Å². The molecule has 37 heavy (non-hydrogen) atoms. The predicted octanol–water partition coefficient (Wildman–Crippen LogP) is 5.42. The van der Waals surface area contributed by atoms with E-state index in [1.165, 1.54) is 17.2 Å². The third kappa shape index (κ3) is 8.72. The van der Waals surface area contributed by atoms with Crippen molar-refractivity contribution in [1.29, 1.82) is 5.26 Å². The van der Waals surface area contributed by atoms with Crippen molar-refractivity contribution in [2.75, 3.05) is 11.4 Å². The highest BCUT2D eigenvalue weighted by Crippen LogP contribution is 2.39. The fourth-order valence-corrected chi connectivity index (χ4v) is 4.06. The molecule has 4 rings (SSSR count). The van der Waals surface area contributed by atoms with Gasteiger partial charge in [0.15, 0.2) is 0 Å². The molecule has 2 fully saturated rings. The third-order valence-corrected chi connectivity index (χ3v) is 6.28. The first-order chi connectivity index (χ1) is 17.5. The summed E-state index contributed by atoms with van der Waals surface area (Å²) in [6.07, 6.45) is -1.66. The summed E-state index contributed by atoms with van der Waals surface area (Å²) in [5, 5.41) is 13.2. The number of halogens is 5. The lowest BCUT2D eigenvalue weighted by molar-refractivity contribution is -0.137. The Labute approximate surface area is 223 Å². The number of hydrogen-bond donors (Lipinski definition) is 1. The Hall–Kier alpha value is -3.16. The van der Waals surface area contributed by atoms with Crippen LogP contribution in [0.15, 0.2) is 36.5 Å². The van der Waals surface area contributed by atoms with Gasteiger partial charge in [-0.1, -0.05) is 36.2 Å². The number of amides is 1. The van der Waals surface area contributed by atoms with Crippen LogP contribution >= 0.6 is 23.2 Å². The zero-order chi connectivity index (χ0) is 28.4. The van der Waals surface area contributed by atoms with Gasteiger partial charge in [0.2, 0.25) is 5.91 Å². The van der Waals surface area contributed by atoms with Crippen molar-refractivity contribution in [2.24, 2.45) is 5.92 Å². The maximum absolute atomic E-state index is 13.3. The normalized spacial score (nSPS) is 18.9. The van der Waals surface area contributed by atoms with E-state index in [0.29, 0.717) is 30.8 Å². The molecule has 2 aliphatic rings. The first-order valence-electron chi connectivity index (χ1n) is 11.0. The van der Waals surface area contributed by atoms with E-state index < -0.39 is 29.2 Å². The summed E-state index contributed by atoms with van der Waals surface area (Å²) in [6, 6.07) is 8.97. The smallest absolute Gasteiger partial charge is 0.344 e. The lowest BCUT2D eigenvalue weighted by Crippen LogP contribution is -2.48. The van der Waals surface area contributed by atoms with Crippen LogP contribution in [0.25, 0.3) is 0 Å². The zero-order valence-corrected chi connectivity index (χ0v) is 21.8. The number of pyridine rings is 1. The number of rotatable bonds is 3. The lowest BCUT2D eigenvalue weighted by atomic mass is 10.1. The maximum Gasteiger partial charge on any atom is 0.419 e. The summed E-state index contributed by atoms with van der Waals surface area (Å²) in [5.41, 5.74) is -0.634. The van der Waals surface area contributed by atoms with Crippen molar-refractivity contribution < 1.29 is 27.6 Å². The maximum atomic E-state index is 13.3. The van der Waals surface area contributed by atoms with Gasteiger partial charge in [-0.2, -0.15) is 18.4 Å². The van der Waals surface area contributed by atoms with Gasteiger partial charge in [-0.3, -0.25) is 4.79 Å². The number of hydrogen-bond acceptors (Lipinski definition) is 6. The van der Waals surface area contributed by atoms with Crippen LogP contribution in [0.1, 0.15) is 37.3 Å². The van der Waals surface area contributed by atoms with E-state index in [9.17, 15) is 18.0 Å². The molecule has 2 aromatic rings. The standard InChI is InChI=1S/C16H17F3N4O.C7H6Cl2.2CH2O/c1-10-7-12(14(24)22-15(9-20)4-5-15)23(8-10)13-11(16(17,18)19)3-2-6-21-13;1-5-2-3-6(8)4-7(5)9;2*1-2/h2-3,6,10,12H,4-5,7-8H2,1H3,(H,22,24);2-4H,1H3;2*1H2/t10?,12-;;;/m1.../s1. The highest BCUT2D eigenvalue weighted by molar-refractivity contribution is 6.35. The van der Waals surface area contributed by atoms with E-state index in [-0.39, 0.29) is 11.7 Å². The van der Waals surface area contributed by atoms with E-state index in [2.05, 4.69) is 16.4 Å². The number of anilines is 1. The summed E-state index contributed by atoms with van der Waals surface area (Å²) in [7, 11) is 0. The summed E-state index contributed by atoms with van der Waals surface area (Å²) in [4.78, 5) is 33.8. The van der Waals surface area contributed by atoms with Gasteiger partial charge < -0.3 is 19.8 Å². The van der Waals surface area contributed by atoms with Gasteiger partial charge >= 0.3 is 6.18 Å². The van der Waals surface area contributed by atoms with Crippen LogP contribution in [-0.4, -0.2) is 42.6 Å². The third-order valence-electron chi connectivity index (χ3n) is 5.64. The highest BCUT2D eigenvalue weighted by Gasteiger charge is 2.48. The SMILES string of the molecule is C=O.C=O.CC1C[C@H](C(=O)NC2(C#N)CC2)N(c2ncccc2C(F)(F)F)C1.Cc1ccc(Cl)cc1Cl. The molecule has 2 atom stereocenters. The van der Waals surface area contributed by atoms with Crippen LogP contribution in [0.4, 0.5) is 19.0 Å². The summed E-state index contributed by atoms with van der Waals surface area (Å²) in [6.45, 7) is 8.14. The topological polar surface area (TPSA) is 103 Å². The second-order valence-electron chi connectivity index (χ2n) is 8.46. The Bertz CT molecular complexity index is 1110. The first kappa shape index (κ1) is 31.9. The van der Waals surface area contributed by atoms with E-state index >= 15 is 0 Å². The van der Waals surface area contributed by atoms with Gasteiger partial charge in [0.05, 0.1) is 11.6 Å². The fourth-order valence-electron chi connectivity index (χ4n) is 3.65. The quantitative estimate of drug-likeness (QED) is 0.539. The van der Waals surface area contributed by atoms with Gasteiger partial charge in [0.25, 0.3) is 0 Å². The minimum Gasteiger partial charge on any atom is -0.344 e. The van der Waals surface area contributed by atoms with Gasteiger partial charge in [-0.25, -0.2) is 4.98 Å². The Morgan fingerprint density at radius 3 is 2.32 bits per heavy atom. The van der Waals surface area contributed by atoms with Crippen molar-refractivity contribution >= 4 is 48.5 Å². The van der Waals surface area contributed by atoms with Crippen molar-refractivity contribution in [3.05, 3.63) is 57.7 Å². The van der Waals surface area contributed by atoms with Crippen LogP contribution in [0.3, 0.4) is 0 Å². The minimum absolute atomic E-state index is 0.0566. The number of aromatic nitrogens is 1. The Balaban J connectivity index is 0.000000440. The Kier molecular flexibility index (Phi) is 12.0. The highest BCUT2D eigenvalue weighted by atomic mass is 35.5. The van der Waals surface area contributed by atoms with Crippen molar-refractivity contribution in [2.45, 2.75) is 50.9 Å². The van der Waals surface area contributed by atoms with Crippen LogP contribution in [0, 0.1) is 24.2 Å². The number of benzene rings is 1. The molecule has 1 unspecified atom stereocenters. The van der Waals surface area contributed by atoms with E-state index in [4.69, 9.17) is 38.1 Å². The molecule has 200 valence electrons. The molecule has 0 bridgehead atoms. The predicted molar refractivity (Wildman–Crippen MR) is 135 cm³/mol. The Morgan fingerprint density at radius 2 is 1.84 bits per heavy atom. The number of carbonyl (C=O) groups excluding carboxylic acids is 3. The molecule has 1 aromatic carbocycles. The second-order valence-corrected chi connectivity index (χ2v) is 9.30. The Morgan fingerprint density at radius 1 is 1.22 bits per heavy atom. The zero-order valence-electron chi connectivity index (χ0n) is 20.3. The van der Waals surface area contributed by atoms with E-state index in [0.717, 1.165) is 16.7 Å². The molecule has 0 spiro atoms. The molecule has 1 aromatic heterocycles. The number of alkyl halides is 3. The number of nitriles is 1. The monoisotopic (exact) mass is 558 g/mol. The molecule has 1 aliphatic heterocycles. The molecule has 7 nitrogen and oxygen atoms in total. The van der Waals surface area contributed by atoms with E-state index in [1.54, 1.807) is 6.07 Å². The van der Waals surface area contributed by atoms with Gasteiger partial charge in [-0.05, 0) is 61.9 Å². The van der Waals surface area contributed by atoms with Crippen LogP contribution < -0.4 is 10.2 Å². The molecular weight excluding hydrogens is 532 g/mol. The second kappa shape index (κ2) is 14.0. The average molecular weight is 559 g/mol. The molecule has 1 saturated heterocycles. The van der Waals surface area contributed by atoms with Crippen LogP contribution in [0.5, 0.6) is 0 Å². The van der Waals surface area contributed by atoms with E-state index in [1.807, 2.05) is 39.6 Å². The number of carbonyl (C=O) groups is 3. The summed E-state index contributed by atoms with van der Waals surface area (Å²) in [5.74, 6) is -0.574. The molecule has 0 radical (unpaired) electrons. The number of aryl methyl sites for hydroxylation is 1. The van der Waals surface area contributed by atoms with Crippen LogP contribution in [-0.2, 0) is 20.6 Å². The number of nitrogens with zero attached hydrogens (tertiary/aromatic N) is 3. The van der Waals surface area contributed by atoms with Crippen LogP contribution in [0.2, 0.25) is 10.0 Å². The molecule has 1 saturated carbocycles. The minimum atomic E-state index is -4.54. The molecule has 1 N–H and O–H groups in total. The van der Waals surface area contributed by atoms with Gasteiger partial charge in [-0.15, -0.1) is 0 Å². The summed E-state index contributed by atoms with van der Waals surface area (Å²) >= 11 is 11.4. The molecule has 12 heteroatoms. The largest absolute Gasteiger partial charge is 0.419 e. The fraction of sp³-hybridized carbons (Fsp3) is 0.400. The van der Waals surface area contributed by atoms with Crippen molar-refractivity contribution in [1.82, 2.24) is 10.3 Å². The van der Waals surface area contributed by atoms with Crippen molar-refractivity contribution in [3.8, 4) is 6.07 Å². The van der Waals surface area contributed by atoms with Gasteiger partial charge in [0.1, 0.15) is 31.0 Å². The lowest BCUT2D eigenvalue weighted by Gasteiger charge is -2.28. The molecular formula is C25H27Cl2F3N4O3. The molecule has 2 heterocycles. The average Bonchev–Trinajstić information content (AvgIpc) is 3.54. The summed E-state index contributed by atoms with van der Waals surface area (Å²) < 4.78 is 39.8. The molecule has 1 aliphatic carbocycles.